The van der Waals surface area contributed by atoms with Gasteiger partial charge < -0.3 is 5.32 Å². The van der Waals surface area contributed by atoms with E-state index in [1.54, 1.807) is 17.4 Å². The fraction of sp³-hybridized carbons (Fsp3) is 0.263. The first kappa shape index (κ1) is 16.9. The van der Waals surface area contributed by atoms with Crippen LogP contribution in [0.2, 0.25) is 5.02 Å². The van der Waals surface area contributed by atoms with Crippen molar-refractivity contribution in [2.45, 2.75) is 32.6 Å². The third-order valence-corrected chi connectivity index (χ3v) is 5.19. The zero-order valence-corrected chi connectivity index (χ0v) is 15.1. The van der Waals surface area contributed by atoms with E-state index < -0.39 is 0 Å². The van der Waals surface area contributed by atoms with Gasteiger partial charge in [-0.25, -0.2) is 4.98 Å². The van der Waals surface area contributed by atoms with Gasteiger partial charge in [-0.15, -0.1) is 11.3 Å². The maximum Gasteiger partial charge on any atom is 0.224 e. The smallest absolute Gasteiger partial charge is 0.224 e. The first-order valence-corrected chi connectivity index (χ1v) is 9.22. The van der Waals surface area contributed by atoms with E-state index in [9.17, 15) is 4.79 Å². The van der Waals surface area contributed by atoms with Crippen LogP contribution in [0, 0.1) is 6.92 Å². The fourth-order valence-corrected chi connectivity index (χ4v) is 3.71. The molecule has 3 aromatic rings. The van der Waals surface area contributed by atoms with Crippen molar-refractivity contribution in [3.8, 4) is 0 Å². The van der Waals surface area contributed by atoms with E-state index in [-0.39, 0.29) is 5.91 Å². The molecule has 1 amide bonds. The summed E-state index contributed by atoms with van der Waals surface area (Å²) in [7, 11) is 0. The van der Waals surface area contributed by atoms with Crippen LogP contribution in [0.4, 0.5) is 5.69 Å². The summed E-state index contributed by atoms with van der Waals surface area (Å²) in [5, 5.41) is 4.71. The monoisotopic (exact) mass is 358 g/mol. The molecular weight excluding hydrogens is 340 g/mol. The second-order valence-corrected chi connectivity index (χ2v) is 7.34. The molecule has 0 saturated heterocycles. The maximum absolute atomic E-state index is 12.1. The molecule has 0 radical (unpaired) electrons. The summed E-state index contributed by atoms with van der Waals surface area (Å²) in [5.74, 6) is 0.0321. The number of nitrogens with zero attached hydrogens (tertiary/aromatic N) is 1. The van der Waals surface area contributed by atoms with Crippen molar-refractivity contribution >= 4 is 44.7 Å². The molecule has 24 heavy (non-hydrogen) atoms. The normalized spacial score (nSPS) is 10.9. The highest BCUT2D eigenvalue weighted by molar-refractivity contribution is 7.18. The van der Waals surface area contributed by atoms with E-state index in [1.807, 2.05) is 37.3 Å². The lowest BCUT2D eigenvalue weighted by Gasteiger charge is -2.08. The molecule has 0 aliphatic carbocycles. The number of carbonyl (C=O) groups is 1. The quantitative estimate of drug-likeness (QED) is 0.582. The van der Waals surface area contributed by atoms with Crippen molar-refractivity contribution in [2.24, 2.45) is 0 Å². The second-order valence-electron chi connectivity index (χ2n) is 5.79. The van der Waals surface area contributed by atoms with Gasteiger partial charge in [0.05, 0.1) is 15.2 Å². The van der Waals surface area contributed by atoms with Crippen molar-refractivity contribution in [3.63, 3.8) is 0 Å². The van der Waals surface area contributed by atoms with Gasteiger partial charge in [0.2, 0.25) is 5.91 Å². The molecule has 0 bridgehead atoms. The average molecular weight is 359 g/mol. The van der Waals surface area contributed by atoms with Crippen LogP contribution in [-0.2, 0) is 11.2 Å². The number of nitrogens with one attached hydrogen (secondary N) is 1. The van der Waals surface area contributed by atoms with Crippen molar-refractivity contribution in [2.75, 3.05) is 5.32 Å². The summed E-state index contributed by atoms with van der Waals surface area (Å²) in [6, 6.07) is 13.7. The van der Waals surface area contributed by atoms with E-state index >= 15 is 0 Å². The lowest BCUT2D eigenvalue weighted by Crippen LogP contribution is -2.12. The van der Waals surface area contributed by atoms with E-state index in [2.05, 4.69) is 16.4 Å². The molecule has 2 aromatic carbocycles. The number of aromatic nitrogens is 1. The molecule has 0 aliphatic heterocycles. The molecule has 5 heteroatoms. The minimum atomic E-state index is 0.0321. The number of thiazole rings is 1. The minimum absolute atomic E-state index is 0.0321. The Balaban J connectivity index is 1.46. The van der Waals surface area contributed by atoms with Gasteiger partial charge in [-0.1, -0.05) is 29.8 Å². The number of amides is 1. The highest BCUT2D eigenvalue weighted by Crippen LogP contribution is 2.23. The van der Waals surface area contributed by atoms with E-state index in [4.69, 9.17) is 11.6 Å². The van der Waals surface area contributed by atoms with Gasteiger partial charge in [-0.05, 0) is 56.0 Å². The van der Waals surface area contributed by atoms with Gasteiger partial charge in [0.15, 0.2) is 0 Å². The third kappa shape index (κ3) is 4.34. The van der Waals surface area contributed by atoms with Crippen LogP contribution in [0.1, 0.15) is 29.8 Å². The number of hydrogen-bond donors (Lipinski definition) is 1. The number of rotatable bonds is 6. The van der Waals surface area contributed by atoms with Gasteiger partial charge in [0.25, 0.3) is 0 Å². The largest absolute Gasteiger partial charge is 0.326 e. The molecule has 3 nitrogen and oxygen atoms in total. The predicted molar refractivity (Wildman–Crippen MR) is 102 cm³/mol. The van der Waals surface area contributed by atoms with Crippen LogP contribution >= 0.6 is 22.9 Å². The number of anilines is 1. The molecule has 0 atom stereocenters. The number of fused-ring (bicyclic) bond motifs is 1. The highest BCUT2D eigenvalue weighted by Gasteiger charge is 2.07. The van der Waals surface area contributed by atoms with Crippen LogP contribution in [-0.4, -0.2) is 10.9 Å². The first-order chi connectivity index (χ1) is 11.6. The van der Waals surface area contributed by atoms with E-state index in [0.717, 1.165) is 41.0 Å². The molecule has 1 heterocycles. The molecular formula is C19H19ClN2OS. The van der Waals surface area contributed by atoms with Crippen LogP contribution in [0.15, 0.2) is 42.5 Å². The Hall–Kier alpha value is -1.91. The third-order valence-electron chi connectivity index (χ3n) is 3.86. The minimum Gasteiger partial charge on any atom is -0.326 e. The number of benzene rings is 2. The van der Waals surface area contributed by atoms with Crippen molar-refractivity contribution in [1.29, 1.82) is 0 Å². The number of hydrogen-bond acceptors (Lipinski definition) is 3. The Morgan fingerprint density at radius 3 is 2.88 bits per heavy atom. The number of halogens is 1. The standard InChI is InChI=1S/C19H19ClN2OS/c1-13-10-11-14(20)12-16(13)21-18(23)8-4-5-9-19-22-15-6-2-3-7-17(15)24-19/h2-3,6-7,10-12H,4-5,8-9H2,1H3,(H,21,23). The van der Waals surface area contributed by atoms with Crippen molar-refractivity contribution in [1.82, 2.24) is 4.98 Å². The molecule has 0 unspecified atom stereocenters. The Morgan fingerprint density at radius 1 is 1.21 bits per heavy atom. The van der Waals surface area contributed by atoms with Gasteiger partial charge in [-0.3, -0.25) is 4.79 Å². The first-order valence-electron chi connectivity index (χ1n) is 8.02. The summed E-state index contributed by atoms with van der Waals surface area (Å²) < 4.78 is 1.22. The van der Waals surface area contributed by atoms with Crippen LogP contribution < -0.4 is 5.32 Å². The summed E-state index contributed by atoms with van der Waals surface area (Å²) in [6.45, 7) is 1.96. The average Bonchev–Trinajstić information content (AvgIpc) is 2.98. The molecule has 0 saturated carbocycles. The van der Waals surface area contributed by atoms with Crippen LogP contribution in [0.5, 0.6) is 0 Å². The molecule has 124 valence electrons. The zero-order chi connectivity index (χ0) is 16.9. The van der Waals surface area contributed by atoms with Crippen LogP contribution in [0.25, 0.3) is 10.2 Å². The second kappa shape index (κ2) is 7.77. The van der Waals surface area contributed by atoms with Gasteiger partial charge in [0.1, 0.15) is 0 Å². The van der Waals surface area contributed by atoms with Gasteiger partial charge in [0, 0.05) is 17.1 Å². The van der Waals surface area contributed by atoms with E-state index in [0.29, 0.717) is 11.4 Å². The Kier molecular flexibility index (Phi) is 5.48. The molecule has 0 fully saturated rings. The zero-order valence-electron chi connectivity index (χ0n) is 13.5. The molecule has 1 N–H and O–H groups in total. The number of para-hydroxylation sites is 1. The van der Waals surface area contributed by atoms with Gasteiger partial charge >= 0.3 is 0 Å². The summed E-state index contributed by atoms with van der Waals surface area (Å²) in [6.07, 6.45) is 3.24. The predicted octanol–water partition coefficient (Wildman–Crippen LogP) is 5.61. The lowest BCUT2D eigenvalue weighted by molar-refractivity contribution is -0.116. The topological polar surface area (TPSA) is 42.0 Å². The number of aryl methyl sites for hydroxylation is 2. The molecule has 0 spiro atoms. The maximum atomic E-state index is 12.1. The molecule has 3 rings (SSSR count). The van der Waals surface area contributed by atoms with E-state index in [1.165, 1.54) is 4.70 Å². The number of unbranched alkanes of at least 4 members (excludes halogenated alkanes) is 1. The summed E-state index contributed by atoms with van der Waals surface area (Å²) in [5.41, 5.74) is 2.87. The Labute approximate surface area is 150 Å². The Morgan fingerprint density at radius 2 is 2.04 bits per heavy atom. The lowest BCUT2D eigenvalue weighted by atomic mass is 10.1. The summed E-state index contributed by atoms with van der Waals surface area (Å²) >= 11 is 7.71. The van der Waals surface area contributed by atoms with Crippen LogP contribution in [0.3, 0.4) is 0 Å². The van der Waals surface area contributed by atoms with Gasteiger partial charge in [-0.2, -0.15) is 0 Å². The summed E-state index contributed by atoms with van der Waals surface area (Å²) in [4.78, 5) is 16.7. The van der Waals surface area contributed by atoms with Crippen molar-refractivity contribution < 1.29 is 4.79 Å². The SMILES string of the molecule is Cc1ccc(Cl)cc1NC(=O)CCCCc1nc2ccccc2s1. The fourth-order valence-electron chi connectivity index (χ4n) is 2.53. The highest BCUT2D eigenvalue weighted by atomic mass is 35.5. The van der Waals surface area contributed by atoms with Crippen molar-refractivity contribution in [3.05, 3.63) is 58.1 Å². The number of carbonyl (C=O) groups excluding carboxylic acids is 1. The molecule has 1 aromatic heterocycles. The Bertz CT molecular complexity index is 826. The molecule has 0 aliphatic rings.